The highest BCUT2D eigenvalue weighted by Crippen LogP contribution is 2.45. The molecule has 2 aliphatic heterocycles. The van der Waals surface area contributed by atoms with E-state index in [2.05, 4.69) is 67.3 Å². The van der Waals surface area contributed by atoms with Crippen molar-refractivity contribution in [3.8, 4) is 11.1 Å². The van der Waals surface area contributed by atoms with Crippen LogP contribution in [0.25, 0.3) is 11.1 Å². The normalized spacial score (nSPS) is 22.9. The highest BCUT2D eigenvalue weighted by molar-refractivity contribution is 7.93. The number of aryl methyl sites for hydroxylation is 1. The van der Waals surface area contributed by atoms with Gasteiger partial charge in [-0.3, -0.25) is 14.0 Å². The molecule has 3 aromatic rings. The van der Waals surface area contributed by atoms with Crippen LogP contribution in [0.4, 0.5) is 10.1 Å². The smallest absolute Gasteiger partial charge is 0.290 e. The van der Waals surface area contributed by atoms with Gasteiger partial charge in [0.1, 0.15) is 5.82 Å². The molecule has 2 heterocycles. The zero-order chi connectivity index (χ0) is 26.6. The molecular formula is C29H33FN2O4S. The second-order valence-corrected chi connectivity index (χ2v) is 11.9. The van der Waals surface area contributed by atoms with Gasteiger partial charge >= 0.3 is 0 Å². The van der Waals surface area contributed by atoms with E-state index in [9.17, 15) is 12.8 Å². The number of piperidine rings is 1. The lowest BCUT2D eigenvalue weighted by Gasteiger charge is -2.47. The Kier molecular flexibility index (Phi) is 7.99. The molecule has 0 unspecified atom stereocenters. The van der Waals surface area contributed by atoms with Gasteiger partial charge in [0.2, 0.25) is 10.0 Å². The molecule has 1 spiro atoms. The van der Waals surface area contributed by atoms with Crippen molar-refractivity contribution in [2.75, 3.05) is 16.6 Å². The van der Waals surface area contributed by atoms with Gasteiger partial charge in [-0.25, -0.2) is 12.8 Å². The number of halogens is 1. The molecule has 0 aliphatic carbocycles. The molecule has 3 aromatic carbocycles. The Morgan fingerprint density at radius 2 is 1.78 bits per heavy atom. The second kappa shape index (κ2) is 11.0. The summed E-state index contributed by atoms with van der Waals surface area (Å²) in [7, 11) is -3.46. The minimum atomic E-state index is -3.46. The lowest BCUT2D eigenvalue weighted by molar-refractivity contribution is -0.122. The fourth-order valence-electron chi connectivity index (χ4n) is 5.81. The average molecular weight is 525 g/mol. The molecule has 1 N–H and O–H groups in total. The first-order valence-corrected chi connectivity index (χ1v) is 14.1. The molecule has 8 heteroatoms. The van der Waals surface area contributed by atoms with Gasteiger partial charge in [-0.2, -0.15) is 0 Å². The Hall–Kier alpha value is -3.23. The summed E-state index contributed by atoms with van der Waals surface area (Å²) in [5, 5.41) is 6.89. The number of sulfonamides is 1. The summed E-state index contributed by atoms with van der Waals surface area (Å²) in [4.78, 5) is 10.8. The van der Waals surface area contributed by atoms with Gasteiger partial charge in [0, 0.05) is 19.1 Å². The summed E-state index contributed by atoms with van der Waals surface area (Å²) in [6.45, 7) is 5.69. The summed E-state index contributed by atoms with van der Waals surface area (Å²) in [6.07, 6.45) is 2.07. The van der Waals surface area contributed by atoms with E-state index in [0.29, 0.717) is 12.1 Å². The molecule has 0 bridgehead atoms. The number of benzene rings is 3. The average Bonchev–Trinajstić information content (AvgIpc) is 3.11. The first-order valence-electron chi connectivity index (χ1n) is 12.4. The van der Waals surface area contributed by atoms with E-state index < -0.39 is 21.4 Å². The summed E-state index contributed by atoms with van der Waals surface area (Å²) in [5.41, 5.74) is 4.94. The van der Waals surface area contributed by atoms with Crippen molar-refractivity contribution in [3.05, 3.63) is 89.7 Å². The topological polar surface area (TPSA) is 77.9 Å². The number of likely N-dealkylation sites (tertiary alicyclic amines) is 1. The SMILES string of the molecule is Cc1ccccc1-c1cccc(CN2CC[C@]3(CCS(=O)(=O)N3c3cccc(F)c3)C[C@@H]2C)c1.O=CO. The van der Waals surface area contributed by atoms with Crippen LogP contribution in [0.1, 0.15) is 37.3 Å². The largest absolute Gasteiger partial charge is 0.483 e. The second-order valence-electron chi connectivity index (χ2n) is 9.93. The van der Waals surface area contributed by atoms with Crippen LogP contribution in [0.5, 0.6) is 0 Å². The van der Waals surface area contributed by atoms with Crippen LogP contribution < -0.4 is 4.31 Å². The molecule has 0 amide bonds. The fourth-order valence-corrected chi connectivity index (χ4v) is 7.91. The molecule has 2 saturated heterocycles. The number of anilines is 1. The molecule has 0 saturated carbocycles. The molecule has 5 rings (SSSR count). The van der Waals surface area contributed by atoms with Crippen LogP contribution in [-0.4, -0.2) is 48.8 Å². The summed E-state index contributed by atoms with van der Waals surface area (Å²) < 4.78 is 41.5. The Morgan fingerprint density at radius 3 is 2.49 bits per heavy atom. The lowest BCUT2D eigenvalue weighted by Crippen LogP contribution is -2.56. The third-order valence-corrected chi connectivity index (χ3v) is 9.38. The standard InChI is InChI=1S/C28H31FN2O2S.CH2O2/c1-21-7-3-4-12-27(21)24-9-5-8-23(17-24)20-30-15-13-28(19-22(30)2)14-16-34(32,33)31(28)26-11-6-10-25(29)18-26;2-1-3/h3-12,17-18,22H,13-16,19-20H2,1-2H3;1H,(H,2,3)/t22-,28-;/m0./s1. The van der Waals surface area contributed by atoms with Crippen LogP contribution in [0.15, 0.2) is 72.8 Å². The molecule has 0 aromatic heterocycles. The van der Waals surface area contributed by atoms with Crippen molar-refractivity contribution >= 4 is 22.2 Å². The Morgan fingerprint density at radius 1 is 1.05 bits per heavy atom. The van der Waals surface area contributed by atoms with Gasteiger partial charge in [0.05, 0.1) is 17.0 Å². The summed E-state index contributed by atoms with van der Waals surface area (Å²) in [6, 6.07) is 23.3. The minimum Gasteiger partial charge on any atom is -0.483 e. The summed E-state index contributed by atoms with van der Waals surface area (Å²) in [5.74, 6) is -0.289. The molecule has 2 atom stereocenters. The van der Waals surface area contributed by atoms with Crippen molar-refractivity contribution in [3.63, 3.8) is 0 Å². The maximum absolute atomic E-state index is 14.0. The van der Waals surface area contributed by atoms with Crippen molar-refractivity contribution in [1.82, 2.24) is 4.90 Å². The van der Waals surface area contributed by atoms with Crippen molar-refractivity contribution < 1.29 is 22.7 Å². The van der Waals surface area contributed by atoms with Crippen molar-refractivity contribution in [2.45, 2.75) is 51.2 Å². The van der Waals surface area contributed by atoms with Gasteiger partial charge in [-0.05, 0) is 79.6 Å². The maximum atomic E-state index is 14.0. The quantitative estimate of drug-likeness (QED) is 0.458. The van der Waals surface area contributed by atoms with Gasteiger partial charge in [0.15, 0.2) is 0 Å². The van der Waals surface area contributed by atoms with E-state index in [1.54, 1.807) is 12.1 Å². The van der Waals surface area contributed by atoms with Crippen LogP contribution in [0.3, 0.4) is 0 Å². The van der Waals surface area contributed by atoms with E-state index in [4.69, 9.17) is 9.90 Å². The van der Waals surface area contributed by atoms with Crippen LogP contribution in [-0.2, 0) is 21.4 Å². The Balaban J connectivity index is 0.00000102. The van der Waals surface area contributed by atoms with E-state index in [0.717, 1.165) is 25.9 Å². The molecule has 2 fully saturated rings. The highest BCUT2D eigenvalue weighted by atomic mass is 32.2. The number of nitrogens with zero attached hydrogens (tertiary/aromatic N) is 2. The van der Waals surface area contributed by atoms with Gasteiger partial charge in [0.25, 0.3) is 6.47 Å². The number of carbonyl (C=O) groups is 1. The number of hydrogen-bond acceptors (Lipinski definition) is 4. The van der Waals surface area contributed by atoms with E-state index in [1.165, 1.54) is 38.7 Å². The number of rotatable bonds is 4. The first kappa shape index (κ1) is 26.8. The highest BCUT2D eigenvalue weighted by Gasteiger charge is 2.52. The molecule has 6 nitrogen and oxygen atoms in total. The maximum Gasteiger partial charge on any atom is 0.290 e. The fraction of sp³-hybridized carbons (Fsp3) is 0.345. The van der Waals surface area contributed by atoms with Crippen LogP contribution in [0.2, 0.25) is 0 Å². The Bertz CT molecular complexity index is 1360. The Labute approximate surface area is 218 Å². The summed E-state index contributed by atoms with van der Waals surface area (Å²) >= 11 is 0. The van der Waals surface area contributed by atoms with Crippen LogP contribution in [0, 0.1) is 12.7 Å². The predicted molar refractivity (Wildman–Crippen MR) is 144 cm³/mol. The predicted octanol–water partition coefficient (Wildman–Crippen LogP) is 5.47. The molecule has 2 aliphatic rings. The third-order valence-electron chi connectivity index (χ3n) is 7.51. The van der Waals surface area contributed by atoms with Gasteiger partial charge < -0.3 is 5.11 Å². The van der Waals surface area contributed by atoms with Crippen LogP contribution >= 0.6 is 0 Å². The zero-order valence-corrected chi connectivity index (χ0v) is 22.0. The molecule has 37 heavy (non-hydrogen) atoms. The van der Waals surface area contributed by atoms with Gasteiger partial charge in [-0.15, -0.1) is 0 Å². The molecule has 196 valence electrons. The number of hydrogen-bond donors (Lipinski definition) is 1. The van der Waals surface area contributed by atoms with E-state index in [-0.39, 0.29) is 18.3 Å². The molecule has 0 radical (unpaired) electrons. The van der Waals surface area contributed by atoms with Crippen molar-refractivity contribution in [2.24, 2.45) is 0 Å². The first-order chi connectivity index (χ1) is 17.7. The monoisotopic (exact) mass is 524 g/mol. The minimum absolute atomic E-state index is 0.120. The zero-order valence-electron chi connectivity index (χ0n) is 21.2. The lowest BCUT2D eigenvalue weighted by atomic mass is 9.81. The third kappa shape index (κ3) is 5.70. The number of carboxylic acid groups (broad SMARTS) is 1. The van der Waals surface area contributed by atoms with Crippen molar-refractivity contribution in [1.29, 1.82) is 0 Å². The van der Waals surface area contributed by atoms with E-state index >= 15 is 0 Å². The van der Waals surface area contributed by atoms with E-state index in [1.807, 2.05) is 0 Å². The molecular weight excluding hydrogens is 491 g/mol. The van der Waals surface area contributed by atoms with Gasteiger partial charge in [-0.1, -0.05) is 48.5 Å².